The number of rotatable bonds is 6. The molecule has 34 heavy (non-hydrogen) atoms. The number of hydrogen-bond donors (Lipinski definition) is 1. The molecule has 0 spiro atoms. The first kappa shape index (κ1) is 24.1. The molecule has 2 aromatic carbocycles. The minimum absolute atomic E-state index is 0.194. The van der Waals surface area contributed by atoms with Crippen molar-refractivity contribution in [2.75, 3.05) is 13.1 Å². The number of carbonyl (C=O) groups is 1. The lowest BCUT2D eigenvalue weighted by atomic mass is 9.96. The summed E-state index contributed by atoms with van der Waals surface area (Å²) in [5, 5.41) is 3.02. The third-order valence-electron chi connectivity index (χ3n) is 6.36. The molecule has 1 amide bonds. The molecule has 180 valence electrons. The number of imidazole rings is 1. The van der Waals surface area contributed by atoms with Crippen LogP contribution in [0.2, 0.25) is 0 Å². The van der Waals surface area contributed by atoms with Gasteiger partial charge in [-0.25, -0.2) is 17.8 Å². The van der Waals surface area contributed by atoms with Gasteiger partial charge >= 0.3 is 0 Å². The first-order valence-electron chi connectivity index (χ1n) is 11.3. The highest BCUT2D eigenvalue weighted by molar-refractivity contribution is 7.89. The van der Waals surface area contributed by atoms with Crippen LogP contribution in [0.1, 0.15) is 41.4 Å². The Morgan fingerprint density at radius 1 is 1.15 bits per heavy atom. The fraction of sp³-hybridized carbons (Fsp3) is 0.360. The molecule has 0 radical (unpaired) electrons. The van der Waals surface area contributed by atoms with Crippen LogP contribution in [0.5, 0.6) is 0 Å². The van der Waals surface area contributed by atoms with Crippen LogP contribution in [-0.2, 0) is 21.9 Å². The average molecular weight is 485 g/mol. The number of halogens is 1. The summed E-state index contributed by atoms with van der Waals surface area (Å²) < 4.78 is 43.5. The van der Waals surface area contributed by atoms with Gasteiger partial charge in [0.25, 0.3) is 0 Å². The predicted octanol–water partition coefficient (Wildman–Crippen LogP) is 3.48. The van der Waals surface area contributed by atoms with Gasteiger partial charge in [0.2, 0.25) is 15.9 Å². The maximum atomic E-state index is 13.9. The lowest BCUT2D eigenvalue weighted by molar-refractivity contribution is -0.126. The molecule has 1 saturated heterocycles. The van der Waals surface area contributed by atoms with Crippen LogP contribution in [0.3, 0.4) is 0 Å². The monoisotopic (exact) mass is 484 g/mol. The predicted molar refractivity (Wildman–Crippen MR) is 127 cm³/mol. The number of piperidine rings is 1. The smallest absolute Gasteiger partial charge is 0.243 e. The topological polar surface area (TPSA) is 84.3 Å². The first-order chi connectivity index (χ1) is 16.2. The fourth-order valence-electron chi connectivity index (χ4n) is 4.48. The largest absolute Gasteiger partial charge is 0.342 e. The number of aryl methyl sites for hydroxylation is 3. The summed E-state index contributed by atoms with van der Waals surface area (Å²) in [5.41, 5.74) is 2.32. The molecule has 7 nitrogen and oxygen atoms in total. The van der Waals surface area contributed by atoms with Gasteiger partial charge in [0.1, 0.15) is 17.7 Å². The molecule has 0 bridgehead atoms. The van der Waals surface area contributed by atoms with Gasteiger partial charge in [-0.05, 0) is 56.0 Å². The van der Waals surface area contributed by atoms with E-state index in [-0.39, 0.29) is 24.9 Å². The standard InChI is InChI=1S/C25H29FN4O3S/c1-17-7-8-22(18(2)15-17)34(32,33)30-12-9-19(10-13-30)25(31)28-23(24-27-11-14-29(24)3)20-5-4-6-21(26)16-20/h4-8,11,14-16,19,23H,9-10,12-13H2,1-3H3,(H,28,31). The number of amides is 1. The van der Waals surface area contributed by atoms with Crippen LogP contribution in [-0.4, -0.2) is 41.3 Å². The maximum absolute atomic E-state index is 13.9. The molecule has 3 aromatic rings. The van der Waals surface area contributed by atoms with E-state index in [2.05, 4.69) is 10.3 Å². The summed E-state index contributed by atoms with van der Waals surface area (Å²) in [6.45, 7) is 4.25. The SMILES string of the molecule is Cc1ccc(S(=O)(=O)N2CCC(C(=O)NC(c3cccc(F)c3)c3nccn3C)CC2)c(C)c1. The van der Waals surface area contributed by atoms with E-state index in [4.69, 9.17) is 0 Å². The van der Waals surface area contributed by atoms with Crippen molar-refractivity contribution in [1.29, 1.82) is 0 Å². The molecular formula is C25H29FN4O3S. The van der Waals surface area contributed by atoms with E-state index in [9.17, 15) is 17.6 Å². The Bertz CT molecular complexity index is 1300. The lowest BCUT2D eigenvalue weighted by Crippen LogP contribution is -2.44. The summed E-state index contributed by atoms with van der Waals surface area (Å²) in [7, 11) is -1.81. The summed E-state index contributed by atoms with van der Waals surface area (Å²) in [6.07, 6.45) is 4.22. The Morgan fingerprint density at radius 3 is 2.50 bits per heavy atom. The van der Waals surface area contributed by atoms with Crippen LogP contribution < -0.4 is 5.32 Å². The Labute approximate surface area is 199 Å². The van der Waals surface area contributed by atoms with E-state index in [0.717, 1.165) is 5.56 Å². The number of nitrogens with zero attached hydrogens (tertiary/aromatic N) is 3. The van der Waals surface area contributed by atoms with Crippen molar-refractivity contribution in [3.63, 3.8) is 0 Å². The second kappa shape index (κ2) is 9.68. The Balaban J connectivity index is 1.47. The molecule has 1 aromatic heterocycles. The summed E-state index contributed by atoms with van der Waals surface area (Å²) in [5.74, 6) is -0.340. The number of sulfonamides is 1. The average Bonchev–Trinajstić information content (AvgIpc) is 3.22. The number of aromatic nitrogens is 2. The van der Waals surface area contributed by atoms with Gasteiger partial charge in [-0.15, -0.1) is 0 Å². The molecule has 1 aliphatic rings. The molecular weight excluding hydrogens is 455 g/mol. The molecule has 0 saturated carbocycles. The molecule has 1 fully saturated rings. The van der Waals surface area contributed by atoms with Crippen LogP contribution in [0.25, 0.3) is 0 Å². The minimum atomic E-state index is -3.62. The fourth-order valence-corrected chi connectivity index (χ4v) is 6.16. The van der Waals surface area contributed by atoms with E-state index < -0.39 is 21.9 Å². The van der Waals surface area contributed by atoms with Crippen molar-refractivity contribution >= 4 is 15.9 Å². The number of benzene rings is 2. The molecule has 2 heterocycles. The zero-order valence-electron chi connectivity index (χ0n) is 19.5. The molecule has 1 N–H and O–H groups in total. The van der Waals surface area contributed by atoms with E-state index >= 15 is 0 Å². The van der Waals surface area contributed by atoms with Crippen molar-refractivity contribution < 1.29 is 17.6 Å². The molecule has 0 aliphatic carbocycles. The molecule has 1 unspecified atom stereocenters. The van der Waals surface area contributed by atoms with Gasteiger partial charge in [-0.3, -0.25) is 4.79 Å². The van der Waals surface area contributed by atoms with Crippen molar-refractivity contribution in [3.8, 4) is 0 Å². The molecule has 4 rings (SSSR count). The highest BCUT2D eigenvalue weighted by Crippen LogP contribution is 2.28. The molecule has 1 atom stereocenters. The van der Waals surface area contributed by atoms with Crippen LogP contribution in [0, 0.1) is 25.6 Å². The molecule has 9 heteroatoms. The summed E-state index contributed by atoms with van der Waals surface area (Å²) in [6, 6.07) is 10.8. The van der Waals surface area contributed by atoms with Crippen molar-refractivity contribution in [2.24, 2.45) is 13.0 Å². The highest BCUT2D eigenvalue weighted by Gasteiger charge is 2.34. The Morgan fingerprint density at radius 2 is 1.88 bits per heavy atom. The maximum Gasteiger partial charge on any atom is 0.243 e. The Hall–Kier alpha value is -3.04. The third kappa shape index (κ3) is 4.90. The van der Waals surface area contributed by atoms with Crippen LogP contribution in [0.15, 0.2) is 59.8 Å². The van der Waals surface area contributed by atoms with Gasteiger partial charge < -0.3 is 9.88 Å². The van der Waals surface area contributed by atoms with Crippen molar-refractivity contribution in [1.82, 2.24) is 19.2 Å². The highest BCUT2D eigenvalue weighted by atomic mass is 32.2. The zero-order valence-corrected chi connectivity index (χ0v) is 20.3. The van der Waals surface area contributed by atoms with Gasteiger partial charge in [0.05, 0.1) is 4.90 Å². The van der Waals surface area contributed by atoms with E-state index in [1.54, 1.807) is 48.1 Å². The summed E-state index contributed by atoms with van der Waals surface area (Å²) in [4.78, 5) is 17.8. The zero-order chi connectivity index (χ0) is 24.5. The van der Waals surface area contributed by atoms with E-state index in [0.29, 0.717) is 34.7 Å². The van der Waals surface area contributed by atoms with Gasteiger partial charge in [-0.1, -0.05) is 29.8 Å². The van der Waals surface area contributed by atoms with Gasteiger partial charge in [0.15, 0.2) is 0 Å². The third-order valence-corrected chi connectivity index (χ3v) is 8.42. The van der Waals surface area contributed by atoms with Crippen LogP contribution >= 0.6 is 0 Å². The summed E-state index contributed by atoms with van der Waals surface area (Å²) >= 11 is 0. The van der Waals surface area contributed by atoms with E-state index in [1.165, 1.54) is 16.4 Å². The lowest BCUT2D eigenvalue weighted by Gasteiger charge is -2.32. The first-order valence-corrected chi connectivity index (χ1v) is 12.7. The quantitative estimate of drug-likeness (QED) is 0.581. The van der Waals surface area contributed by atoms with E-state index in [1.807, 2.05) is 20.0 Å². The number of nitrogens with one attached hydrogen (secondary N) is 1. The van der Waals surface area contributed by atoms with Crippen molar-refractivity contribution in [2.45, 2.75) is 37.6 Å². The van der Waals surface area contributed by atoms with Gasteiger partial charge in [0, 0.05) is 38.4 Å². The van der Waals surface area contributed by atoms with Gasteiger partial charge in [-0.2, -0.15) is 4.31 Å². The normalized spacial score (nSPS) is 16.4. The Kier molecular flexibility index (Phi) is 6.86. The number of hydrogen-bond acceptors (Lipinski definition) is 4. The van der Waals surface area contributed by atoms with Crippen LogP contribution in [0.4, 0.5) is 4.39 Å². The second-order valence-electron chi connectivity index (χ2n) is 8.84. The minimum Gasteiger partial charge on any atom is -0.342 e. The molecule has 1 aliphatic heterocycles. The second-order valence-corrected chi connectivity index (χ2v) is 10.7. The number of carbonyl (C=O) groups excluding carboxylic acids is 1. The van der Waals surface area contributed by atoms with Crippen molar-refractivity contribution in [3.05, 3.63) is 83.2 Å².